The smallest absolute Gasteiger partial charge is 0.331 e. The highest BCUT2D eigenvalue weighted by molar-refractivity contribution is 5.91. The fraction of sp³-hybridized carbons (Fsp3) is 0.781. The van der Waals surface area contributed by atoms with Gasteiger partial charge in [0.25, 0.3) is 0 Å². The Balaban J connectivity index is 0. The Labute approximate surface area is 234 Å². The lowest BCUT2D eigenvalue weighted by molar-refractivity contribution is -0.140. The Morgan fingerprint density at radius 2 is 0.816 bits per heavy atom. The van der Waals surface area contributed by atoms with Gasteiger partial charge >= 0.3 is 17.9 Å². The number of ether oxygens (including phenoxy) is 3. The highest BCUT2D eigenvalue weighted by atomic mass is 16.5. The van der Waals surface area contributed by atoms with Crippen molar-refractivity contribution in [3.05, 3.63) is 25.0 Å². The number of rotatable bonds is 25. The van der Waals surface area contributed by atoms with Crippen molar-refractivity contribution >= 4 is 17.9 Å². The molecule has 222 valence electrons. The molecule has 0 aliphatic carbocycles. The van der Waals surface area contributed by atoms with E-state index in [1.54, 1.807) is 0 Å². The lowest BCUT2D eigenvalue weighted by Crippen LogP contribution is -2.06. The van der Waals surface area contributed by atoms with Crippen LogP contribution >= 0.6 is 0 Å². The van der Waals surface area contributed by atoms with Crippen molar-refractivity contribution < 1.29 is 28.6 Å². The molecule has 0 unspecified atom stereocenters. The Morgan fingerprint density at radius 1 is 0.526 bits per heavy atom. The summed E-state index contributed by atoms with van der Waals surface area (Å²) in [7, 11) is 0. The van der Waals surface area contributed by atoms with Gasteiger partial charge in [-0.1, -0.05) is 136 Å². The van der Waals surface area contributed by atoms with Crippen LogP contribution in [0, 0.1) is 0 Å². The molecular formula is C32H58O6. The van der Waals surface area contributed by atoms with Gasteiger partial charge in [-0.3, -0.25) is 4.79 Å². The molecule has 0 heterocycles. The second kappa shape index (κ2) is 32.9. The Morgan fingerprint density at radius 3 is 1.05 bits per heavy atom. The summed E-state index contributed by atoms with van der Waals surface area (Å²) in [5.74, 6) is -1.25. The highest BCUT2D eigenvalue weighted by Gasteiger charge is 2.02. The number of unbranched alkanes of at least 4 members (excludes halogenated alkanes) is 18. The molecule has 0 aromatic heterocycles. The fourth-order valence-corrected chi connectivity index (χ4v) is 3.87. The normalized spacial score (nSPS) is 10.5. The molecule has 0 spiro atoms. The molecule has 0 saturated heterocycles. The van der Waals surface area contributed by atoms with Crippen LogP contribution in [0.3, 0.4) is 0 Å². The maximum Gasteiger partial charge on any atom is 0.331 e. The second-order valence-electron chi connectivity index (χ2n) is 9.81. The first-order chi connectivity index (χ1) is 18.5. The van der Waals surface area contributed by atoms with E-state index < -0.39 is 11.9 Å². The average molecular weight is 539 g/mol. The average Bonchev–Trinajstić information content (AvgIpc) is 2.89. The molecule has 0 amide bonds. The van der Waals surface area contributed by atoms with Crippen LogP contribution in [0.15, 0.2) is 25.0 Å². The van der Waals surface area contributed by atoms with Gasteiger partial charge in [0.15, 0.2) is 0 Å². The van der Waals surface area contributed by atoms with Gasteiger partial charge in [0.05, 0.1) is 19.5 Å². The largest absolute Gasteiger partial charge is 0.463 e. The zero-order valence-electron chi connectivity index (χ0n) is 24.9. The number of hydrogen-bond acceptors (Lipinski definition) is 6. The van der Waals surface area contributed by atoms with Crippen LogP contribution in [0.4, 0.5) is 0 Å². The van der Waals surface area contributed by atoms with E-state index in [2.05, 4.69) is 25.2 Å². The maximum absolute atomic E-state index is 11.7. The van der Waals surface area contributed by atoms with Gasteiger partial charge in [-0.25, -0.2) is 9.59 Å². The van der Waals surface area contributed by atoms with Crippen LogP contribution < -0.4 is 0 Å². The predicted molar refractivity (Wildman–Crippen MR) is 157 cm³/mol. The van der Waals surface area contributed by atoms with Crippen LogP contribution in [-0.2, 0) is 28.6 Å². The highest BCUT2D eigenvalue weighted by Crippen LogP contribution is 2.11. The summed E-state index contributed by atoms with van der Waals surface area (Å²) in [6.07, 6.45) is 28.4. The molecule has 0 atom stereocenters. The van der Waals surface area contributed by atoms with E-state index in [1.165, 1.54) is 122 Å². The quantitative estimate of drug-likeness (QED) is 0.0379. The van der Waals surface area contributed by atoms with Crippen LogP contribution in [-0.4, -0.2) is 31.1 Å². The minimum absolute atomic E-state index is 0.329. The summed E-state index contributed by atoms with van der Waals surface area (Å²) in [6, 6.07) is 0. The molecule has 0 aromatic rings. The molecule has 0 rings (SSSR count). The fourth-order valence-electron chi connectivity index (χ4n) is 3.87. The van der Waals surface area contributed by atoms with E-state index in [4.69, 9.17) is 9.47 Å². The molecule has 6 nitrogen and oxygen atoms in total. The minimum Gasteiger partial charge on any atom is -0.463 e. The van der Waals surface area contributed by atoms with E-state index in [0.717, 1.165) is 31.9 Å². The molecule has 0 bridgehead atoms. The standard InChI is InChI=1S/C28H52O4.C4H6O2/c1-3-5-7-9-11-13-15-17-19-21-25-31-27(29)23-24-28(30)32-26-22-20-18-16-14-12-10-8-6-4-2;1-3-6-4(2)5/h23-24H,3-22,25-26H2,1-2H3;3H,1H2,2H3/b24-23+;. The number of carbonyl (C=O) groups excluding carboxylic acids is 3. The van der Waals surface area contributed by atoms with Gasteiger partial charge in [0, 0.05) is 19.1 Å². The van der Waals surface area contributed by atoms with Crippen molar-refractivity contribution in [3.63, 3.8) is 0 Å². The van der Waals surface area contributed by atoms with E-state index in [1.807, 2.05) is 0 Å². The van der Waals surface area contributed by atoms with Crippen molar-refractivity contribution in [1.82, 2.24) is 0 Å². The van der Waals surface area contributed by atoms with E-state index in [0.29, 0.717) is 13.2 Å². The van der Waals surface area contributed by atoms with Crippen molar-refractivity contribution in [1.29, 1.82) is 0 Å². The number of hydrogen-bond donors (Lipinski definition) is 0. The maximum atomic E-state index is 11.7. The summed E-state index contributed by atoms with van der Waals surface area (Å²) >= 11 is 0. The monoisotopic (exact) mass is 538 g/mol. The Hall–Kier alpha value is -2.11. The van der Waals surface area contributed by atoms with Gasteiger partial charge in [-0.05, 0) is 12.8 Å². The Bertz CT molecular complexity index is 544. The molecular weight excluding hydrogens is 480 g/mol. The van der Waals surface area contributed by atoms with Crippen LogP contribution in [0.1, 0.15) is 149 Å². The van der Waals surface area contributed by atoms with Crippen LogP contribution in [0.2, 0.25) is 0 Å². The molecule has 0 aliphatic heterocycles. The lowest BCUT2D eigenvalue weighted by Gasteiger charge is -2.04. The first-order valence-corrected chi connectivity index (χ1v) is 15.3. The molecule has 0 fully saturated rings. The third-order valence-electron chi connectivity index (χ3n) is 6.09. The zero-order chi connectivity index (χ0) is 28.5. The van der Waals surface area contributed by atoms with E-state index >= 15 is 0 Å². The van der Waals surface area contributed by atoms with Crippen LogP contribution in [0.25, 0.3) is 0 Å². The summed E-state index contributed by atoms with van der Waals surface area (Å²) in [6.45, 7) is 9.82. The molecule has 0 saturated carbocycles. The van der Waals surface area contributed by atoms with Gasteiger partial charge in [0.1, 0.15) is 0 Å². The first kappa shape index (κ1) is 38.0. The molecule has 6 heteroatoms. The summed E-state index contributed by atoms with van der Waals surface area (Å²) in [5.41, 5.74) is 0. The summed E-state index contributed by atoms with van der Waals surface area (Å²) in [4.78, 5) is 33.1. The Kier molecular flexibility index (Phi) is 33.0. The molecule has 38 heavy (non-hydrogen) atoms. The molecule has 0 radical (unpaired) electrons. The molecule has 0 aromatic carbocycles. The molecule has 0 aliphatic rings. The second-order valence-corrected chi connectivity index (χ2v) is 9.81. The van der Waals surface area contributed by atoms with Gasteiger partial charge in [-0.2, -0.15) is 0 Å². The SMILES string of the molecule is C=COC(C)=O.CCCCCCCCCCCCOC(=O)/C=C/C(=O)OCCCCCCCCCCCC. The van der Waals surface area contributed by atoms with E-state index in [-0.39, 0.29) is 5.97 Å². The number of carbonyl (C=O) groups is 3. The van der Waals surface area contributed by atoms with Crippen LogP contribution in [0.5, 0.6) is 0 Å². The first-order valence-electron chi connectivity index (χ1n) is 15.3. The van der Waals surface area contributed by atoms with Crippen molar-refractivity contribution in [2.75, 3.05) is 13.2 Å². The van der Waals surface area contributed by atoms with Crippen molar-refractivity contribution in [2.24, 2.45) is 0 Å². The zero-order valence-corrected chi connectivity index (χ0v) is 24.9. The number of esters is 3. The predicted octanol–water partition coefficient (Wildman–Crippen LogP) is 9.16. The third kappa shape index (κ3) is 36.0. The molecule has 0 N–H and O–H groups in total. The topological polar surface area (TPSA) is 78.9 Å². The van der Waals surface area contributed by atoms with Gasteiger partial charge < -0.3 is 14.2 Å². The van der Waals surface area contributed by atoms with Gasteiger partial charge in [-0.15, -0.1) is 0 Å². The van der Waals surface area contributed by atoms with E-state index in [9.17, 15) is 14.4 Å². The van der Waals surface area contributed by atoms with Gasteiger partial charge in [0.2, 0.25) is 0 Å². The van der Waals surface area contributed by atoms with Crippen molar-refractivity contribution in [2.45, 2.75) is 149 Å². The summed E-state index contributed by atoms with van der Waals surface area (Å²) < 4.78 is 14.5. The lowest BCUT2D eigenvalue weighted by atomic mass is 10.1. The van der Waals surface area contributed by atoms with Crippen molar-refractivity contribution in [3.8, 4) is 0 Å². The summed E-state index contributed by atoms with van der Waals surface area (Å²) in [5, 5.41) is 0. The minimum atomic E-state index is -0.461. The third-order valence-corrected chi connectivity index (χ3v) is 6.09.